The lowest BCUT2D eigenvalue weighted by atomic mass is 10.6. The minimum Gasteiger partial charge on any atom is -0.460 e. The van der Waals surface area contributed by atoms with Gasteiger partial charge in [0, 0.05) is 18.8 Å². The highest BCUT2D eigenvalue weighted by Crippen LogP contribution is 2.25. The number of esters is 1. The van der Waals surface area contributed by atoms with Crippen LogP contribution in [0, 0.1) is 0 Å². The van der Waals surface area contributed by atoms with Gasteiger partial charge in [-0.1, -0.05) is 0 Å². The van der Waals surface area contributed by atoms with E-state index in [1.165, 1.54) is 0 Å². The first-order valence-electron chi connectivity index (χ1n) is 3.36. The number of aromatic nitrogens is 2. The molecule has 0 saturated heterocycles. The maximum Gasteiger partial charge on any atom is 0.374 e. The Hall–Kier alpha value is -0.160. The van der Waals surface area contributed by atoms with Crippen molar-refractivity contribution in [3.8, 4) is 0 Å². The van der Waals surface area contributed by atoms with E-state index in [9.17, 15) is 4.79 Å². The quantitative estimate of drug-likeness (QED) is 0.486. The number of ether oxygens (including phenoxy) is 1. The third-order valence-corrected chi connectivity index (χ3v) is 3.29. The summed E-state index contributed by atoms with van der Waals surface area (Å²) < 4.78 is 6.57. The van der Waals surface area contributed by atoms with Crippen LogP contribution in [0.5, 0.6) is 0 Å². The molecule has 4 nitrogen and oxygen atoms in total. The minimum absolute atomic E-state index is 0.355. The Labute approximate surface area is 85.0 Å². The zero-order chi connectivity index (χ0) is 8.97. The van der Waals surface area contributed by atoms with E-state index in [-0.39, 0.29) is 5.97 Å². The molecule has 0 bridgehead atoms. The molecule has 0 amide bonds. The van der Waals surface area contributed by atoms with Gasteiger partial charge in [-0.2, -0.15) is 0 Å². The van der Waals surface area contributed by atoms with Gasteiger partial charge in [0.25, 0.3) is 0 Å². The Kier molecular flexibility index (Phi) is 3.94. The predicted octanol–water partition coefficient (Wildman–Crippen LogP) is 1.85. The van der Waals surface area contributed by atoms with E-state index < -0.39 is 0 Å². The molecule has 0 aliphatic rings. The van der Waals surface area contributed by atoms with Crippen LogP contribution in [0.4, 0.5) is 0 Å². The summed E-state index contributed by atoms with van der Waals surface area (Å²) in [6, 6.07) is 0. The number of nitrogens with zero attached hydrogens (tertiary/aromatic N) is 2. The molecule has 12 heavy (non-hydrogen) atoms. The van der Waals surface area contributed by atoms with Gasteiger partial charge in [-0.3, -0.25) is 4.34 Å². The number of hydrogen-bond donors (Lipinski definition) is 0. The van der Waals surface area contributed by atoms with Crippen molar-refractivity contribution in [3.05, 3.63) is 18.2 Å². The highest BCUT2D eigenvalue weighted by molar-refractivity contribution is 14.2. The van der Waals surface area contributed by atoms with E-state index in [4.69, 9.17) is 4.74 Å². The van der Waals surface area contributed by atoms with Gasteiger partial charge < -0.3 is 4.74 Å². The molecule has 0 radical (unpaired) electrons. The second-order valence-corrected chi connectivity index (χ2v) is 4.02. The summed E-state index contributed by atoms with van der Waals surface area (Å²) in [7, 11) is 0. The standard InChI is InChI=1S/C6H8IN2O2P/c1-2-11-6(10)5-8-3-4-9(5)12-7/h3-4,12H,2H2,1H3. The Bertz CT molecular complexity index is 276. The van der Waals surface area contributed by atoms with Crippen LogP contribution in [0.2, 0.25) is 0 Å². The van der Waals surface area contributed by atoms with Gasteiger partial charge in [-0.15, -0.1) is 0 Å². The maximum atomic E-state index is 11.2. The topological polar surface area (TPSA) is 44.1 Å². The molecule has 1 unspecified atom stereocenters. The predicted molar refractivity (Wildman–Crippen MR) is 55.9 cm³/mol. The van der Waals surface area contributed by atoms with E-state index in [0.717, 1.165) is 0 Å². The van der Waals surface area contributed by atoms with Crippen molar-refractivity contribution in [3.63, 3.8) is 0 Å². The number of carbonyl (C=O) groups excluding carboxylic acids is 1. The van der Waals surface area contributed by atoms with Crippen LogP contribution in [0.1, 0.15) is 17.5 Å². The van der Waals surface area contributed by atoms with Crippen LogP contribution in [0.25, 0.3) is 0 Å². The zero-order valence-corrected chi connectivity index (χ0v) is 9.61. The van der Waals surface area contributed by atoms with Crippen LogP contribution in [0.15, 0.2) is 12.4 Å². The lowest BCUT2D eigenvalue weighted by Crippen LogP contribution is -2.09. The van der Waals surface area contributed by atoms with Crippen molar-refractivity contribution >= 4 is 34.4 Å². The van der Waals surface area contributed by atoms with Gasteiger partial charge in [0.2, 0.25) is 5.82 Å². The summed E-state index contributed by atoms with van der Waals surface area (Å²) in [4.78, 5) is 15.1. The number of hydrogen-bond acceptors (Lipinski definition) is 3. The molecule has 0 saturated carbocycles. The minimum atomic E-state index is -0.355. The largest absolute Gasteiger partial charge is 0.460 e. The molecule has 66 valence electrons. The van der Waals surface area contributed by atoms with Crippen LogP contribution >= 0.6 is 28.4 Å². The molecule has 1 aromatic heterocycles. The summed E-state index contributed by atoms with van der Waals surface area (Å²) in [6.45, 7) is 2.16. The molecule has 1 aromatic rings. The summed E-state index contributed by atoms with van der Waals surface area (Å²) >= 11 is 2.18. The zero-order valence-electron chi connectivity index (χ0n) is 6.45. The fourth-order valence-electron chi connectivity index (χ4n) is 0.718. The van der Waals surface area contributed by atoms with Crippen LogP contribution in [-0.2, 0) is 4.74 Å². The Balaban J connectivity index is 2.79. The number of carbonyl (C=O) groups is 1. The molecule has 0 aromatic carbocycles. The van der Waals surface area contributed by atoms with E-state index in [2.05, 4.69) is 27.0 Å². The molecule has 0 fully saturated rings. The summed E-state index contributed by atoms with van der Waals surface area (Å²) in [5.41, 5.74) is 0. The van der Waals surface area contributed by atoms with Crippen molar-refractivity contribution in [1.29, 1.82) is 0 Å². The van der Waals surface area contributed by atoms with E-state index in [1.807, 2.05) is 0 Å². The number of halogens is 1. The lowest BCUT2D eigenvalue weighted by Gasteiger charge is -2.01. The Morgan fingerprint density at radius 3 is 3.25 bits per heavy atom. The van der Waals surface area contributed by atoms with Crippen molar-refractivity contribution in [2.24, 2.45) is 0 Å². The molecular weight excluding hydrogens is 290 g/mol. The molecule has 6 heteroatoms. The molecule has 1 heterocycles. The summed E-state index contributed by atoms with van der Waals surface area (Å²) in [6.07, 6.45) is 3.83. The first kappa shape index (κ1) is 9.92. The van der Waals surface area contributed by atoms with E-state index >= 15 is 0 Å². The summed E-state index contributed by atoms with van der Waals surface area (Å²) in [5.74, 6) is 0.0243. The van der Waals surface area contributed by atoms with Gasteiger partial charge in [0.15, 0.2) is 0 Å². The van der Waals surface area contributed by atoms with Crippen molar-refractivity contribution in [2.75, 3.05) is 6.61 Å². The fraction of sp³-hybridized carbons (Fsp3) is 0.333. The second-order valence-electron chi connectivity index (χ2n) is 1.93. The third-order valence-electron chi connectivity index (χ3n) is 1.19. The molecule has 0 aliphatic heterocycles. The highest BCUT2D eigenvalue weighted by atomic mass is 127. The van der Waals surface area contributed by atoms with Gasteiger partial charge in [0.1, 0.15) is 0 Å². The molecule has 0 spiro atoms. The average molecular weight is 298 g/mol. The Morgan fingerprint density at radius 1 is 1.92 bits per heavy atom. The molecular formula is C6H8IN2O2P. The van der Waals surface area contributed by atoms with Crippen molar-refractivity contribution < 1.29 is 9.53 Å². The second kappa shape index (κ2) is 4.77. The van der Waals surface area contributed by atoms with Gasteiger partial charge >= 0.3 is 5.97 Å². The van der Waals surface area contributed by atoms with Gasteiger partial charge in [0.05, 0.1) is 6.61 Å². The molecule has 1 atom stereocenters. The van der Waals surface area contributed by atoms with Crippen molar-refractivity contribution in [2.45, 2.75) is 6.92 Å². The molecule has 0 aliphatic carbocycles. The monoisotopic (exact) mass is 298 g/mol. The van der Waals surface area contributed by atoms with Crippen molar-refractivity contribution in [1.82, 2.24) is 9.32 Å². The van der Waals surface area contributed by atoms with Gasteiger partial charge in [-0.05, 0) is 29.0 Å². The fourth-order valence-corrected chi connectivity index (χ4v) is 2.24. The SMILES string of the molecule is CCOC(=O)c1nccn1PI. The smallest absolute Gasteiger partial charge is 0.374 e. The number of rotatable bonds is 3. The average Bonchev–Trinajstić information content (AvgIpc) is 2.51. The van der Waals surface area contributed by atoms with E-state index in [1.54, 1.807) is 23.7 Å². The van der Waals surface area contributed by atoms with Crippen LogP contribution in [-0.4, -0.2) is 21.9 Å². The molecule has 1 rings (SSSR count). The lowest BCUT2D eigenvalue weighted by molar-refractivity contribution is 0.0512. The third kappa shape index (κ3) is 2.17. The first-order valence-corrected chi connectivity index (χ1v) is 7.42. The van der Waals surface area contributed by atoms with Crippen LogP contribution in [0.3, 0.4) is 0 Å². The van der Waals surface area contributed by atoms with Crippen LogP contribution < -0.4 is 0 Å². The highest BCUT2D eigenvalue weighted by Gasteiger charge is 2.12. The molecule has 0 N–H and O–H groups in total. The Morgan fingerprint density at radius 2 is 2.67 bits per heavy atom. The first-order chi connectivity index (χ1) is 5.79. The van der Waals surface area contributed by atoms with E-state index in [0.29, 0.717) is 18.8 Å². The van der Waals surface area contributed by atoms with Gasteiger partial charge in [-0.25, -0.2) is 9.78 Å². The number of imidazole rings is 1. The maximum absolute atomic E-state index is 11.2. The summed E-state index contributed by atoms with van der Waals surface area (Å²) in [5, 5.41) is 0. The normalized spacial score (nSPS) is 10.8.